The summed E-state index contributed by atoms with van der Waals surface area (Å²) >= 11 is 0. The van der Waals surface area contributed by atoms with Crippen LogP contribution in [0.4, 0.5) is 0 Å². The first-order valence-electron chi connectivity index (χ1n) is 5.49. The molecule has 1 atom stereocenters. The van der Waals surface area contributed by atoms with Gasteiger partial charge in [0, 0.05) is 5.57 Å². The van der Waals surface area contributed by atoms with Gasteiger partial charge in [0.15, 0.2) is 0 Å². The Morgan fingerprint density at radius 2 is 2.07 bits per heavy atom. The Bertz CT molecular complexity index is 194. The minimum atomic E-state index is -0.171. The van der Waals surface area contributed by atoms with E-state index < -0.39 is 0 Å². The largest absolute Gasteiger partial charge is 0.459 e. The van der Waals surface area contributed by atoms with E-state index in [0.29, 0.717) is 0 Å². The molecule has 0 saturated carbocycles. The number of hydrogen-bond donors (Lipinski definition) is 0. The summed E-state index contributed by atoms with van der Waals surface area (Å²) in [4.78, 5) is 11.4. The van der Waals surface area contributed by atoms with E-state index in [2.05, 4.69) is 6.92 Å². The molecule has 0 aliphatic heterocycles. The number of carbonyl (C=O) groups is 1. The average molecular weight is 198 g/mol. The van der Waals surface area contributed by atoms with Gasteiger partial charge in [-0.15, -0.1) is 0 Å². The third-order valence-corrected chi connectivity index (χ3v) is 2.10. The molecule has 0 aromatic carbocycles. The number of esters is 1. The molecule has 82 valence electrons. The Hall–Kier alpha value is -0.790. The Morgan fingerprint density at radius 3 is 2.57 bits per heavy atom. The molecule has 0 aliphatic carbocycles. The summed E-state index contributed by atoms with van der Waals surface area (Å²) in [5, 5.41) is 0. The van der Waals surface area contributed by atoms with E-state index in [1.165, 1.54) is 0 Å². The number of allylic oxidation sites excluding steroid dienone is 1. The highest BCUT2D eigenvalue weighted by Crippen LogP contribution is 2.07. The maximum Gasteiger partial charge on any atom is 0.333 e. The average Bonchev–Trinajstić information content (AvgIpc) is 2.15. The first-order chi connectivity index (χ1) is 6.61. The highest BCUT2D eigenvalue weighted by Gasteiger charge is 2.09. The fourth-order valence-corrected chi connectivity index (χ4v) is 1.22. The van der Waals surface area contributed by atoms with Gasteiger partial charge in [0.25, 0.3) is 0 Å². The van der Waals surface area contributed by atoms with Crippen LogP contribution in [0.25, 0.3) is 0 Å². The molecule has 2 heteroatoms. The van der Waals surface area contributed by atoms with Crippen LogP contribution in [0.1, 0.15) is 53.4 Å². The first kappa shape index (κ1) is 13.2. The van der Waals surface area contributed by atoms with Crippen LogP contribution in [0.15, 0.2) is 11.6 Å². The first-order valence-corrected chi connectivity index (χ1v) is 5.49. The monoisotopic (exact) mass is 198 g/mol. The second kappa shape index (κ2) is 7.60. The minimum absolute atomic E-state index is 0.0441. The van der Waals surface area contributed by atoms with E-state index in [1.54, 1.807) is 6.92 Å². The van der Waals surface area contributed by atoms with Crippen molar-refractivity contribution in [3.05, 3.63) is 11.6 Å². The molecule has 0 aliphatic rings. The zero-order chi connectivity index (χ0) is 11.0. The molecule has 2 nitrogen and oxygen atoms in total. The predicted molar refractivity (Wildman–Crippen MR) is 59.1 cm³/mol. The molecule has 0 aromatic heterocycles. The lowest BCUT2D eigenvalue weighted by atomic mass is 10.2. The van der Waals surface area contributed by atoms with Crippen LogP contribution in [0.3, 0.4) is 0 Å². The van der Waals surface area contributed by atoms with Gasteiger partial charge in [-0.1, -0.05) is 32.8 Å². The Labute approximate surface area is 87.3 Å². The Kier molecular flexibility index (Phi) is 7.17. The molecule has 0 N–H and O–H groups in total. The zero-order valence-corrected chi connectivity index (χ0v) is 9.80. The molecule has 0 amide bonds. The van der Waals surface area contributed by atoms with Gasteiger partial charge in [-0.3, -0.25) is 0 Å². The summed E-state index contributed by atoms with van der Waals surface area (Å²) in [5.74, 6) is -0.171. The number of unbranched alkanes of at least 4 members (excludes halogenated alkanes) is 1. The normalized spacial score (nSPS) is 13.9. The van der Waals surface area contributed by atoms with Crippen molar-refractivity contribution < 1.29 is 9.53 Å². The second-order valence-electron chi connectivity index (χ2n) is 3.65. The molecule has 0 fully saturated rings. The molecular weight excluding hydrogens is 176 g/mol. The molecule has 0 aromatic rings. The standard InChI is InChI=1S/C12H22O2/c1-5-7-9-11(4)14-12(13)10(3)8-6-2/h8,11H,5-7,9H2,1-4H3/b10-8+. The van der Waals surface area contributed by atoms with E-state index in [0.717, 1.165) is 31.3 Å². The van der Waals surface area contributed by atoms with Crippen molar-refractivity contribution in [2.24, 2.45) is 0 Å². The predicted octanol–water partition coefficient (Wildman–Crippen LogP) is 3.46. The van der Waals surface area contributed by atoms with Crippen molar-refractivity contribution in [1.29, 1.82) is 0 Å². The Balaban J connectivity index is 3.87. The fourth-order valence-electron chi connectivity index (χ4n) is 1.22. The number of ether oxygens (including phenoxy) is 1. The highest BCUT2D eigenvalue weighted by molar-refractivity contribution is 5.87. The van der Waals surface area contributed by atoms with E-state index in [9.17, 15) is 4.79 Å². The van der Waals surface area contributed by atoms with Crippen molar-refractivity contribution in [3.63, 3.8) is 0 Å². The van der Waals surface area contributed by atoms with Gasteiger partial charge < -0.3 is 4.74 Å². The van der Waals surface area contributed by atoms with Gasteiger partial charge in [-0.25, -0.2) is 4.79 Å². The summed E-state index contributed by atoms with van der Waals surface area (Å²) in [6, 6.07) is 0. The smallest absolute Gasteiger partial charge is 0.333 e. The van der Waals surface area contributed by atoms with E-state index >= 15 is 0 Å². The maximum atomic E-state index is 11.4. The molecule has 0 bridgehead atoms. The van der Waals surface area contributed by atoms with E-state index in [1.807, 2.05) is 19.9 Å². The van der Waals surface area contributed by atoms with Gasteiger partial charge in [0.2, 0.25) is 0 Å². The van der Waals surface area contributed by atoms with Crippen molar-refractivity contribution in [1.82, 2.24) is 0 Å². The van der Waals surface area contributed by atoms with Gasteiger partial charge in [-0.05, 0) is 26.7 Å². The molecule has 0 radical (unpaired) electrons. The van der Waals surface area contributed by atoms with Crippen LogP contribution in [0, 0.1) is 0 Å². The van der Waals surface area contributed by atoms with Crippen molar-refractivity contribution in [2.45, 2.75) is 59.5 Å². The van der Waals surface area contributed by atoms with Crippen LogP contribution in [-0.2, 0) is 9.53 Å². The minimum Gasteiger partial charge on any atom is -0.459 e. The molecule has 0 heterocycles. The van der Waals surface area contributed by atoms with Gasteiger partial charge in [0.1, 0.15) is 0 Å². The fraction of sp³-hybridized carbons (Fsp3) is 0.750. The summed E-state index contributed by atoms with van der Waals surface area (Å²) in [6.45, 7) is 7.90. The Morgan fingerprint density at radius 1 is 1.43 bits per heavy atom. The van der Waals surface area contributed by atoms with E-state index in [-0.39, 0.29) is 12.1 Å². The third-order valence-electron chi connectivity index (χ3n) is 2.10. The molecule has 14 heavy (non-hydrogen) atoms. The van der Waals surface area contributed by atoms with Crippen molar-refractivity contribution in [3.8, 4) is 0 Å². The van der Waals surface area contributed by atoms with Crippen molar-refractivity contribution in [2.75, 3.05) is 0 Å². The molecule has 0 spiro atoms. The number of hydrogen-bond acceptors (Lipinski definition) is 2. The summed E-state index contributed by atoms with van der Waals surface area (Å²) in [5.41, 5.74) is 0.718. The number of carbonyl (C=O) groups excluding carboxylic acids is 1. The number of rotatable bonds is 6. The topological polar surface area (TPSA) is 26.3 Å². The van der Waals surface area contributed by atoms with Crippen LogP contribution in [-0.4, -0.2) is 12.1 Å². The molecular formula is C12H22O2. The summed E-state index contributed by atoms with van der Waals surface area (Å²) in [7, 11) is 0. The summed E-state index contributed by atoms with van der Waals surface area (Å²) < 4.78 is 5.26. The van der Waals surface area contributed by atoms with Crippen LogP contribution in [0.2, 0.25) is 0 Å². The molecule has 0 saturated heterocycles. The van der Waals surface area contributed by atoms with Crippen LogP contribution < -0.4 is 0 Å². The van der Waals surface area contributed by atoms with Crippen LogP contribution >= 0.6 is 0 Å². The molecule has 0 rings (SSSR count). The quantitative estimate of drug-likeness (QED) is 0.482. The van der Waals surface area contributed by atoms with Gasteiger partial charge >= 0.3 is 5.97 Å². The summed E-state index contributed by atoms with van der Waals surface area (Å²) in [6.07, 6.45) is 6.04. The van der Waals surface area contributed by atoms with E-state index in [4.69, 9.17) is 4.74 Å². The van der Waals surface area contributed by atoms with Crippen molar-refractivity contribution >= 4 is 5.97 Å². The molecule has 1 unspecified atom stereocenters. The lowest BCUT2D eigenvalue weighted by molar-refractivity contribution is -0.143. The SMILES string of the molecule is CC/C=C(\C)C(=O)OC(C)CCCC. The second-order valence-corrected chi connectivity index (χ2v) is 3.65. The zero-order valence-electron chi connectivity index (χ0n) is 9.80. The maximum absolute atomic E-state index is 11.4. The lowest BCUT2D eigenvalue weighted by Crippen LogP contribution is -2.15. The van der Waals surface area contributed by atoms with Crippen LogP contribution in [0.5, 0.6) is 0 Å². The van der Waals surface area contributed by atoms with Gasteiger partial charge in [-0.2, -0.15) is 0 Å². The lowest BCUT2D eigenvalue weighted by Gasteiger charge is -2.12. The third kappa shape index (κ3) is 5.79. The highest BCUT2D eigenvalue weighted by atomic mass is 16.5. The van der Waals surface area contributed by atoms with Gasteiger partial charge in [0.05, 0.1) is 6.10 Å².